The van der Waals surface area contributed by atoms with Crippen molar-refractivity contribution in [3.8, 4) is 0 Å². The van der Waals surface area contributed by atoms with E-state index in [0.717, 1.165) is 0 Å². The minimum atomic E-state index is -4.38. The van der Waals surface area contributed by atoms with E-state index in [-0.39, 0.29) is 16.7 Å². The summed E-state index contributed by atoms with van der Waals surface area (Å²) in [7, 11) is 0.941. The van der Waals surface area contributed by atoms with Crippen LogP contribution in [0.1, 0.15) is 37.5 Å². The van der Waals surface area contributed by atoms with E-state index in [9.17, 15) is 28.6 Å². The van der Waals surface area contributed by atoms with Gasteiger partial charge in [-0.1, -0.05) is 20.8 Å². The predicted octanol–water partition coefficient (Wildman–Crippen LogP) is 3.34. The molecule has 8 nitrogen and oxygen atoms in total. The van der Waals surface area contributed by atoms with Gasteiger partial charge in [-0.25, -0.2) is 8.42 Å². The van der Waals surface area contributed by atoms with Crippen LogP contribution in [0.25, 0.3) is 0 Å². The SMILES string of the molecule is Cc1c([N+](=O)[O-])c(C(C)(C)C)c([N+](=O)[O-])c(C)c1S(=O)(=O)Cl. The second-order valence-corrected chi connectivity index (χ2v) is 8.36. The van der Waals surface area contributed by atoms with Crippen LogP contribution < -0.4 is 0 Å². The van der Waals surface area contributed by atoms with E-state index >= 15 is 0 Å². The highest BCUT2D eigenvalue weighted by molar-refractivity contribution is 8.13. The van der Waals surface area contributed by atoms with Crippen molar-refractivity contribution in [1.82, 2.24) is 0 Å². The Hall–Kier alpha value is -1.74. The molecule has 0 spiro atoms. The Morgan fingerprint density at radius 2 is 1.27 bits per heavy atom. The molecule has 0 bridgehead atoms. The molecule has 1 rings (SSSR count). The largest absolute Gasteiger partial charge is 0.284 e. The first-order valence-electron chi connectivity index (χ1n) is 6.12. The van der Waals surface area contributed by atoms with Crippen LogP contribution in [0.4, 0.5) is 11.4 Å². The third kappa shape index (κ3) is 3.05. The van der Waals surface area contributed by atoms with Crippen molar-refractivity contribution < 1.29 is 18.3 Å². The number of nitro groups is 2. The smallest absolute Gasteiger partial charge is 0.258 e. The minimum Gasteiger partial charge on any atom is -0.258 e. The van der Waals surface area contributed by atoms with E-state index in [4.69, 9.17) is 10.7 Å². The van der Waals surface area contributed by atoms with Crippen LogP contribution in [0.15, 0.2) is 4.90 Å². The number of nitrogens with zero attached hydrogens (tertiary/aromatic N) is 2. The fraction of sp³-hybridized carbons (Fsp3) is 0.500. The van der Waals surface area contributed by atoms with Gasteiger partial charge >= 0.3 is 0 Å². The monoisotopic (exact) mass is 350 g/mol. The summed E-state index contributed by atoms with van der Waals surface area (Å²) < 4.78 is 23.4. The van der Waals surface area contributed by atoms with Crippen molar-refractivity contribution in [2.45, 2.75) is 44.9 Å². The Morgan fingerprint density at radius 3 is 1.45 bits per heavy atom. The highest BCUT2D eigenvalue weighted by Gasteiger charge is 2.41. The molecule has 0 aliphatic rings. The predicted molar refractivity (Wildman–Crippen MR) is 81.0 cm³/mol. The second-order valence-electron chi connectivity index (χ2n) is 5.85. The summed E-state index contributed by atoms with van der Waals surface area (Å²) in [6.07, 6.45) is 0. The van der Waals surface area contributed by atoms with Gasteiger partial charge in [0.1, 0.15) is 10.5 Å². The lowest BCUT2D eigenvalue weighted by molar-refractivity contribution is -0.397. The molecule has 0 N–H and O–H groups in total. The Bertz CT molecular complexity index is 739. The number of hydrogen-bond donors (Lipinski definition) is 0. The van der Waals surface area contributed by atoms with Gasteiger partial charge in [0.2, 0.25) is 0 Å². The van der Waals surface area contributed by atoms with Gasteiger partial charge in [0.15, 0.2) is 0 Å². The number of benzene rings is 1. The van der Waals surface area contributed by atoms with Crippen molar-refractivity contribution in [2.75, 3.05) is 0 Å². The maximum Gasteiger partial charge on any atom is 0.284 e. The highest BCUT2D eigenvalue weighted by Crippen LogP contribution is 2.46. The standard InChI is InChI=1S/C12H15ClN2O6S/c1-6-9(14(16)17)8(12(3,4)5)10(15(18)19)7(2)11(6)22(13,20)21/h1-5H3. The van der Waals surface area contributed by atoms with Crippen molar-refractivity contribution in [1.29, 1.82) is 0 Å². The summed E-state index contributed by atoms with van der Waals surface area (Å²) in [6.45, 7) is 7.18. The molecule has 0 atom stereocenters. The Labute approximate surface area is 131 Å². The van der Waals surface area contributed by atoms with Crippen LogP contribution in [0.3, 0.4) is 0 Å². The zero-order valence-corrected chi connectivity index (χ0v) is 14.2. The molecule has 22 heavy (non-hydrogen) atoms. The van der Waals surface area contributed by atoms with E-state index in [1.54, 1.807) is 20.8 Å². The first-order chi connectivity index (χ1) is 9.71. The van der Waals surface area contributed by atoms with Crippen LogP contribution in [0, 0.1) is 34.1 Å². The average molecular weight is 351 g/mol. The quantitative estimate of drug-likeness (QED) is 0.468. The van der Waals surface area contributed by atoms with Crippen molar-refractivity contribution in [2.24, 2.45) is 0 Å². The van der Waals surface area contributed by atoms with Gasteiger partial charge in [0.25, 0.3) is 20.4 Å². The lowest BCUT2D eigenvalue weighted by Crippen LogP contribution is -2.20. The third-order valence-electron chi connectivity index (χ3n) is 3.22. The summed E-state index contributed by atoms with van der Waals surface area (Å²) in [5.41, 5.74) is -2.65. The lowest BCUT2D eigenvalue weighted by atomic mass is 9.82. The van der Waals surface area contributed by atoms with Gasteiger partial charge in [0.05, 0.1) is 9.85 Å². The molecule has 0 aromatic heterocycles. The number of halogens is 1. The van der Waals surface area contributed by atoms with Gasteiger partial charge < -0.3 is 0 Å². The fourth-order valence-electron chi connectivity index (χ4n) is 2.52. The Morgan fingerprint density at radius 1 is 0.955 bits per heavy atom. The molecule has 0 aliphatic carbocycles. The molecule has 10 heteroatoms. The van der Waals surface area contributed by atoms with E-state index in [2.05, 4.69) is 0 Å². The summed E-state index contributed by atoms with van der Waals surface area (Å²) in [5.74, 6) is 0. The van der Waals surface area contributed by atoms with Gasteiger partial charge in [-0.2, -0.15) is 0 Å². The van der Waals surface area contributed by atoms with E-state index in [1.807, 2.05) is 0 Å². The summed E-state index contributed by atoms with van der Waals surface area (Å²) >= 11 is 0. The first kappa shape index (κ1) is 18.3. The topological polar surface area (TPSA) is 120 Å². The van der Waals surface area contributed by atoms with Crippen LogP contribution in [0.5, 0.6) is 0 Å². The maximum absolute atomic E-state index is 11.7. The number of rotatable bonds is 3. The van der Waals surface area contributed by atoms with Gasteiger partial charge in [-0.15, -0.1) is 0 Å². The van der Waals surface area contributed by atoms with E-state index in [1.165, 1.54) is 13.8 Å². The van der Waals surface area contributed by atoms with Gasteiger partial charge in [-0.3, -0.25) is 20.2 Å². The molecular weight excluding hydrogens is 336 g/mol. The molecule has 122 valence electrons. The fourth-order valence-corrected chi connectivity index (χ4v) is 4.14. The number of hydrogen-bond acceptors (Lipinski definition) is 6. The van der Waals surface area contributed by atoms with Crippen molar-refractivity contribution in [3.05, 3.63) is 36.9 Å². The van der Waals surface area contributed by atoms with Crippen LogP contribution in [-0.2, 0) is 14.5 Å². The van der Waals surface area contributed by atoms with Gasteiger partial charge in [-0.05, 0) is 13.8 Å². The Balaban J connectivity index is 4.29. The molecule has 0 fully saturated rings. The molecule has 0 radical (unpaired) electrons. The molecular formula is C12H15ClN2O6S. The molecule has 0 heterocycles. The van der Waals surface area contributed by atoms with Crippen LogP contribution >= 0.6 is 10.7 Å². The minimum absolute atomic E-state index is 0.124. The van der Waals surface area contributed by atoms with Gasteiger partial charge in [0, 0.05) is 27.2 Å². The lowest BCUT2D eigenvalue weighted by Gasteiger charge is -2.22. The molecule has 0 saturated heterocycles. The molecule has 1 aromatic carbocycles. The molecule has 1 aromatic rings. The second kappa shape index (κ2) is 5.47. The van der Waals surface area contributed by atoms with Crippen LogP contribution in [-0.4, -0.2) is 18.3 Å². The van der Waals surface area contributed by atoms with Crippen molar-refractivity contribution in [3.63, 3.8) is 0 Å². The summed E-state index contributed by atoms with van der Waals surface area (Å²) in [4.78, 5) is 20.6. The van der Waals surface area contributed by atoms with Crippen molar-refractivity contribution >= 4 is 31.1 Å². The summed E-state index contributed by atoms with van der Waals surface area (Å²) in [5, 5.41) is 22.8. The molecule has 0 aliphatic heterocycles. The first-order valence-corrected chi connectivity index (χ1v) is 8.43. The average Bonchev–Trinajstić information content (AvgIpc) is 2.23. The number of nitro benzene ring substituents is 2. The Kier molecular flexibility index (Phi) is 4.55. The normalized spacial score (nSPS) is 12.3. The highest BCUT2D eigenvalue weighted by atomic mass is 35.7. The molecule has 0 unspecified atom stereocenters. The summed E-state index contributed by atoms with van der Waals surface area (Å²) in [6, 6.07) is 0. The van der Waals surface area contributed by atoms with E-state index in [0.29, 0.717) is 0 Å². The third-order valence-corrected chi connectivity index (χ3v) is 4.79. The molecule has 0 amide bonds. The van der Waals surface area contributed by atoms with E-state index < -0.39 is 40.6 Å². The zero-order chi connectivity index (χ0) is 17.6. The molecule has 0 saturated carbocycles. The van der Waals surface area contributed by atoms with Crippen LogP contribution in [0.2, 0.25) is 0 Å². The zero-order valence-electron chi connectivity index (χ0n) is 12.6. The maximum atomic E-state index is 11.7.